The molecule has 5 nitrogen and oxygen atoms in total. The molecule has 0 aromatic carbocycles. The van der Waals surface area contributed by atoms with E-state index in [-0.39, 0.29) is 12.2 Å². The summed E-state index contributed by atoms with van der Waals surface area (Å²) in [4.78, 5) is 0. The van der Waals surface area contributed by atoms with Crippen molar-refractivity contribution in [3.8, 4) is 0 Å². The van der Waals surface area contributed by atoms with Gasteiger partial charge in [-0.05, 0) is 0 Å². The van der Waals surface area contributed by atoms with E-state index >= 15 is 0 Å². The van der Waals surface area contributed by atoms with E-state index < -0.39 is 20.6 Å². The van der Waals surface area contributed by atoms with Gasteiger partial charge in [-0.3, -0.25) is 0 Å². The Kier molecular flexibility index (Phi) is 7.64. The predicted octanol–water partition coefficient (Wildman–Crippen LogP) is 1.73. The molecule has 0 spiro atoms. The number of hydrogen-bond donors (Lipinski definition) is 4. The van der Waals surface area contributed by atoms with E-state index in [1.165, 1.54) is 38.5 Å². The molecule has 0 saturated heterocycles. The first-order valence-corrected chi connectivity index (χ1v) is 12.5. The fraction of sp³-hybridized carbons (Fsp3) is 1.00. The molecule has 0 amide bonds. The van der Waals surface area contributed by atoms with Crippen LogP contribution in [-0.2, 0) is 0 Å². The maximum absolute atomic E-state index is 6.74. The van der Waals surface area contributed by atoms with Crippen LogP contribution in [0.25, 0.3) is 0 Å². The van der Waals surface area contributed by atoms with Crippen molar-refractivity contribution in [1.82, 2.24) is 3.11 Å². The molecule has 0 heterocycles. The van der Waals surface area contributed by atoms with E-state index in [0.29, 0.717) is 23.3 Å². The van der Waals surface area contributed by atoms with E-state index in [1.54, 1.807) is 0 Å². The SMILES string of the molecule is CC([NH3+])N(C1CCCC[C@H]1C(N)C1CCC(Cl)CC1)I(N)N. The van der Waals surface area contributed by atoms with Gasteiger partial charge in [0.15, 0.2) is 0 Å². The summed E-state index contributed by atoms with van der Waals surface area (Å²) in [7, 11) is 0. The number of rotatable bonds is 5. The first-order valence-electron chi connectivity index (χ1n) is 8.61. The Bertz CT molecular complexity index is 328. The first-order chi connectivity index (χ1) is 10.4. The van der Waals surface area contributed by atoms with Crippen LogP contribution in [0.15, 0.2) is 0 Å². The predicted molar refractivity (Wildman–Crippen MR) is 102 cm³/mol. The molecule has 4 atom stereocenters. The Morgan fingerprint density at radius 1 is 1.09 bits per heavy atom. The molecular weight excluding hydrogens is 413 g/mol. The maximum atomic E-state index is 6.74. The van der Waals surface area contributed by atoms with Gasteiger partial charge in [-0.1, -0.05) is 0 Å². The van der Waals surface area contributed by atoms with Gasteiger partial charge in [0.25, 0.3) is 0 Å². The molecule has 3 unspecified atom stereocenters. The minimum atomic E-state index is -2.03. The fourth-order valence-electron chi connectivity index (χ4n) is 4.37. The van der Waals surface area contributed by atoms with Crippen molar-refractivity contribution in [1.29, 1.82) is 0 Å². The second kappa shape index (κ2) is 8.78. The van der Waals surface area contributed by atoms with Crippen molar-refractivity contribution >= 4 is 32.2 Å². The van der Waals surface area contributed by atoms with Crippen molar-refractivity contribution in [2.75, 3.05) is 0 Å². The molecule has 9 N–H and O–H groups in total. The van der Waals surface area contributed by atoms with Crippen LogP contribution in [0.1, 0.15) is 58.3 Å². The summed E-state index contributed by atoms with van der Waals surface area (Å²) in [6.45, 7) is 2.11. The first kappa shape index (κ1) is 19.1. The zero-order chi connectivity index (χ0) is 16.3. The van der Waals surface area contributed by atoms with Crippen LogP contribution < -0.4 is 19.4 Å². The van der Waals surface area contributed by atoms with Gasteiger partial charge in [-0.15, -0.1) is 0 Å². The molecule has 0 radical (unpaired) electrons. The molecule has 0 bridgehead atoms. The average Bonchev–Trinajstić information content (AvgIpc) is 2.47. The molecule has 22 heavy (non-hydrogen) atoms. The van der Waals surface area contributed by atoms with Crippen molar-refractivity contribution in [2.24, 2.45) is 25.5 Å². The number of halogens is 2. The summed E-state index contributed by atoms with van der Waals surface area (Å²) in [5, 5.41) is 0.354. The topological polar surface area (TPSA) is 109 Å². The molecule has 0 aromatic heterocycles. The number of alkyl halides is 1. The number of quaternary nitrogens is 1. The van der Waals surface area contributed by atoms with Crippen LogP contribution in [0.5, 0.6) is 0 Å². The van der Waals surface area contributed by atoms with E-state index in [4.69, 9.17) is 25.2 Å². The monoisotopic (exact) mass is 446 g/mol. The van der Waals surface area contributed by atoms with Gasteiger partial charge in [0.1, 0.15) is 0 Å². The zero-order valence-electron chi connectivity index (χ0n) is 13.8. The molecule has 2 aliphatic carbocycles. The van der Waals surface area contributed by atoms with Crippen LogP contribution in [0, 0.1) is 11.8 Å². The molecule has 2 rings (SSSR count). The van der Waals surface area contributed by atoms with E-state index in [0.717, 1.165) is 12.8 Å². The summed E-state index contributed by atoms with van der Waals surface area (Å²) in [6, 6.07) is 0.691. The van der Waals surface area contributed by atoms with Crippen molar-refractivity contribution in [2.45, 2.75) is 81.9 Å². The van der Waals surface area contributed by atoms with Crippen LogP contribution in [0.4, 0.5) is 0 Å². The third-order valence-electron chi connectivity index (χ3n) is 5.48. The number of nitrogens with zero attached hydrogens (tertiary/aromatic N) is 1. The molecule has 2 aliphatic rings. The van der Waals surface area contributed by atoms with Crippen molar-refractivity contribution in [3.63, 3.8) is 0 Å². The zero-order valence-corrected chi connectivity index (χ0v) is 16.7. The van der Waals surface area contributed by atoms with Gasteiger partial charge in [0.05, 0.1) is 0 Å². The van der Waals surface area contributed by atoms with Gasteiger partial charge in [-0.2, -0.15) is 0 Å². The normalized spacial score (nSPS) is 37.0. The van der Waals surface area contributed by atoms with Crippen LogP contribution in [0.2, 0.25) is 0 Å². The van der Waals surface area contributed by atoms with E-state index in [2.05, 4.69) is 15.8 Å². The van der Waals surface area contributed by atoms with Crippen molar-refractivity contribution in [3.05, 3.63) is 0 Å². The van der Waals surface area contributed by atoms with Crippen molar-refractivity contribution < 1.29 is 5.73 Å². The van der Waals surface area contributed by atoms with Gasteiger partial charge in [0, 0.05) is 0 Å². The average molecular weight is 447 g/mol. The van der Waals surface area contributed by atoms with Gasteiger partial charge in [-0.25, -0.2) is 0 Å². The van der Waals surface area contributed by atoms with E-state index in [1.807, 2.05) is 0 Å². The summed E-state index contributed by atoms with van der Waals surface area (Å²) >= 11 is 4.22. The second-order valence-electron chi connectivity index (χ2n) is 7.12. The van der Waals surface area contributed by atoms with E-state index in [9.17, 15) is 0 Å². The van der Waals surface area contributed by atoms with Gasteiger partial charge >= 0.3 is 148 Å². The Labute approximate surface area is 148 Å². The minimum absolute atomic E-state index is 0.177. The molecule has 0 aliphatic heterocycles. The Hall–Kier alpha value is 0.820. The summed E-state index contributed by atoms with van der Waals surface area (Å²) < 4.78 is 14.7. The molecule has 132 valence electrons. The third-order valence-corrected chi connectivity index (χ3v) is 8.87. The van der Waals surface area contributed by atoms with Gasteiger partial charge < -0.3 is 0 Å². The van der Waals surface area contributed by atoms with Crippen LogP contribution in [0.3, 0.4) is 0 Å². The summed E-state index contributed by atoms with van der Waals surface area (Å²) in [5.74, 6) is 1.13. The Balaban J connectivity index is 2.08. The number of hydrogen-bond acceptors (Lipinski definition) is 4. The standard InChI is InChI=1S/C15H33ClIN5/c1-10(18)22(17(20)21)14-5-3-2-4-13(14)15(19)11-6-8-12(16)9-7-11/h10-15H,2-9,18-21H2,1H3/p+1/t10?,11?,12?,13-,14?,15?/m1/s1. The Morgan fingerprint density at radius 2 is 1.68 bits per heavy atom. The fourth-order valence-corrected chi connectivity index (χ4v) is 7.24. The second-order valence-corrected chi connectivity index (χ2v) is 10.7. The van der Waals surface area contributed by atoms with Crippen LogP contribution >= 0.6 is 32.2 Å². The molecule has 7 heteroatoms. The Morgan fingerprint density at radius 3 is 2.23 bits per heavy atom. The molecule has 2 saturated carbocycles. The summed E-state index contributed by atoms with van der Waals surface area (Å²) in [5.41, 5.74) is 10.9. The number of nitrogens with two attached hydrogens (primary N) is 3. The van der Waals surface area contributed by atoms with Crippen LogP contribution in [-0.4, -0.2) is 26.7 Å². The molecular formula is C15H34ClIN5+. The van der Waals surface area contributed by atoms with Gasteiger partial charge in [0.2, 0.25) is 0 Å². The quantitative estimate of drug-likeness (QED) is 0.223. The molecule has 0 aromatic rings. The summed E-state index contributed by atoms with van der Waals surface area (Å²) in [6.07, 6.45) is 9.66. The third kappa shape index (κ3) is 4.68. The molecule has 2 fully saturated rings.